The Balaban J connectivity index is 3.03. The fourth-order valence-electron chi connectivity index (χ4n) is 1.46. The van der Waals surface area contributed by atoms with Gasteiger partial charge in [0.2, 0.25) is 0 Å². The molecule has 0 aliphatic rings. The van der Waals surface area contributed by atoms with Gasteiger partial charge >= 0.3 is 5.97 Å². The van der Waals surface area contributed by atoms with Crippen LogP contribution >= 0.6 is 22.6 Å². The maximum atomic E-state index is 12.8. The maximum Gasteiger partial charge on any atom is 0.311 e. The fourth-order valence-corrected chi connectivity index (χ4v) is 2.37. The Morgan fingerprint density at radius 3 is 2.78 bits per heavy atom. The normalized spacial score (nSPS) is 10.8. The highest BCUT2D eigenvalue weighted by atomic mass is 127. The van der Waals surface area contributed by atoms with Crippen LogP contribution in [0.5, 0.6) is 0 Å². The van der Waals surface area contributed by atoms with Crippen LogP contribution in [0.3, 0.4) is 0 Å². The Morgan fingerprint density at radius 2 is 2.28 bits per heavy atom. The molecule has 0 unspecified atom stereocenters. The standard InChI is InChI=1S/C11H13F2IN2O2/c1-2-18-9(17)4-6-3-7(14)10(11(12)13)8(5-15)16-6/h3,11H,2,4-5,15H2,1H3. The number of halogens is 3. The van der Waals surface area contributed by atoms with E-state index in [4.69, 9.17) is 10.5 Å². The van der Waals surface area contributed by atoms with Crippen LogP contribution in [-0.2, 0) is 22.5 Å². The highest BCUT2D eigenvalue weighted by molar-refractivity contribution is 14.1. The third-order valence-corrected chi connectivity index (χ3v) is 3.07. The van der Waals surface area contributed by atoms with Crippen LogP contribution in [0.2, 0.25) is 0 Å². The van der Waals surface area contributed by atoms with Crippen LogP contribution in [-0.4, -0.2) is 17.6 Å². The van der Waals surface area contributed by atoms with E-state index in [1.807, 2.05) is 0 Å². The summed E-state index contributed by atoms with van der Waals surface area (Å²) in [5, 5.41) is 0. The van der Waals surface area contributed by atoms with Crippen LogP contribution in [0, 0.1) is 3.57 Å². The molecule has 1 aromatic rings. The van der Waals surface area contributed by atoms with Crippen molar-refractivity contribution in [1.29, 1.82) is 0 Å². The second kappa shape index (κ2) is 6.93. The number of carbonyl (C=O) groups excluding carboxylic acids is 1. The number of pyridine rings is 1. The molecule has 4 nitrogen and oxygen atoms in total. The molecule has 18 heavy (non-hydrogen) atoms. The smallest absolute Gasteiger partial charge is 0.311 e. The first-order valence-corrected chi connectivity index (χ1v) is 6.39. The highest BCUT2D eigenvalue weighted by Crippen LogP contribution is 2.27. The van der Waals surface area contributed by atoms with Gasteiger partial charge in [0.15, 0.2) is 0 Å². The zero-order valence-electron chi connectivity index (χ0n) is 9.75. The highest BCUT2D eigenvalue weighted by Gasteiger charge is 2.19. The summed E-state index contributed by atoms with van der Waals surface area (Å²) in [4.78, 5) is 15.3. The minimum absolute atomic E-state index is 0.0413. The van der Waals surface area contributed by atoms with Crippen molar-refractivity contribution in [2.75, 3.05) is 6.61 Å². The molecule has 0 spiro atoms. The summed E-state index contributed by atoms with van der Waals surface area (Å²) >= 11 is 1.79. The van der Waals surface area contributed by atoms with Crippen LogP contribution in [0.1, 0.15) is 30.3 Å². The van der Waals surface area contributed by atoms with Gasteiger partial charge in [-0.15, -0.1) is 0 Å². The Bertz CT molecular complexity index is 441. The van der Waals surface area contributed by atoms with Gasteiger partial charge in [-0.05, 0) is 35.6 Å². The lowest BCUT2D eigenvalue weighted by molar-refractivity contribution is -0.142. The van der Waals surface area contributed by atoms with Crippen LogP contribution < -0.4 is 5.73 Å². The number of hydrogen-bond acceptors (Lipinski definition) is 4. The van der Waals surface area contributed by atoms with Crippen molar-refractivity contribution in [3.8, 4) is 0 Å². The topological polar surface area (TPSA) is 65.2 Å². The van der Waals surface area contributed by atoms with Crippen molar-refractivity contribution in [2.24, 2.45) is 5.73 Å². The Labute approximate surface area is 117 Å². The average molecular weight is 370 g/mol. The lowest BCUT2D eigenvalue weighted by atomic mass is 10.1. The molecule has 1 aromatic heterocycles. The van der Waals surface area contributed by atoms with E-state index in [1.54, 1.807) is 29.5 Å². The van der Waals surface area contributed by atoms with Crippen LogP contribution in [0.4, 0.5) is 8.78 Å². The number of rotatable bonds is 5. The molecule has 0 atom stereocenters. The van der Waals surface area contributed by atoms with Crippen molar-refractivity contribution >= 4 is 28.6 Å². The van der Waals surface area contributed by atoms with Gasteiger partial charge in [-0.2, -0.15) is 0 Å². The molecule has 0 saturated heterocycles. The predicted molar refractivity (Wildman–Crippen MR) is 70.1 cm³/mol. The van der Waals surface area contributed by atoms with Gasteiger partial charge in [0.1, 0.15) is 0 Å². The van der Waals surface area contributed by atoms with Gasteiger partial charge in [0.25, 0.3) is 6.43 Å². The Kier molecular flexibility index (Phi) is 5.86. The quantitative estimate of drug-likeness (QED) is 0.638. The molecular weight excluding hydrogens is 357 g/mol. The van der Waals surface area contributed by atoms with E-state index in [2.05, 4.69) is 4.98 Å². The van der Waals surface area contributed by atoms with Gasteiger partial charge in [-0.1, -0.05) is 0 Å². The lowest BCUT2D eigenvalue weighted by Crippen LogP contribution is -2.13. The Hall–Kier alpha value is -0.830. The largest absolute Gasteiger partial charge is 0.466 e. The predicted octanol–water partition coefficient (Wildman–Crippen LogP) is 2.19. The van der Waals surface area contributed by atoms with Gasteiger partial charge in [-0.25, -0.2) is 8.78 Å². The molecule has 0 saturated carbocycles. The minimum Gasteiger partial charge on any atom is -0.466 e. The fraction of sp³-hybridized carbons (Fsp3) is 0.455. The first-order valence-electron chi connectivity index (χ1n) is 5.31. The number of ether oxygens (including phenoxy) is 1. The van der Waals surface area contributed by atoms with E-state index < -0.39 is 12.4 Å². The molecule has 7 heteroatoms. The summed E-state index contributed by atoms with van der Waals surface area (Å²) in [6.07, 6.45) is -2.67. The summed E-state index contributed by atoms with van der Waals surface area (Å²) in [7, 11) is 0. The summed E-state index contributed by atoms with van der Waals surface area (Å²) in [5.41, 5.74) is 5.75. The number of alkyl halides is 2. The van der Waals surface area contributed by atoms with E-state index in [0.717, 1.165) is 0 Å². The van der Waals surface area contributed by atoms with E-state index in [0.29, 0.717) is 9.26 Å². The Morgan fingerprint density at radius 1 is 1.61 bits per heavy atom. The van der Waals surface area contributed by atoms with Crippen molar-refractivity contribution in [1.82, 2.24) is 4.98 Å². The molecule has 0 amide bonds. The number of nitrogens with two attached hydrogens (primary N) is 1. The SMILES string of the molecule is CCOC(=O)Cc1cc(I)c(C(F)F)c(CN)n1. The third kappa shape index (κ3) is 3.84. The molecule has 100 valence electrons. The molecular formula is C11H13F2IN2O2. The number of aromatic nitrogens is 1. The lowest BCUT2D eigenvalue weighted by Gasteiger charge is -2.11. The van der Waals surface area contributed by atoms with E-state index in [-0.39, 0.29) is 30.8 Å². The zero-order chi connectivity index (χ0) is 13.7. The first kappa shape index (κ1) is 15.2. The van der Waals surface area contributed by atoms with Crippen molar-refractivity contribution in [3.05, 3.63) is 26.6 Å². The third-order valence-electron chi connectivity index (χ3n) is 2.18. The number of nitrogens with zero attached hydrogens (tertiary/aromatic N) is 1. The molecule has 0 radical (unpaired) electrons. The maximum absolute atomic E-state index is 12.8. The van der Waals surface area contributed by atoms with Gasteiger partial charge in [0.05, 0.1) is 30.0 Å². The van der Waals surface area contributed by atoms with Crippen molar-refractivity contribution in [3.63, 3.8) is 0 Å². The molecule has 1 rings (SSSR count). The molecule has 0 aliphatic carbocycles. The summed E-state index contributed by atoms with van der Waals surface area (Å²) < 4.78 is 30.7. The summed E-state index contributed by atoms with van der Waals surface area (Å²) in [5.74, 6) is -0.437. The second-order valence-corrected chi connectivity index (χ2v) is 4.60. The minimum atomic E-state index is -2.63. The van der Waals surface area contributed by atoms with Gasteiger partial charge in [0, 0.05) is 10.1 Å². The summed E-state index contributed by atoms with van der Waals surface area (Å²) in [6.45, 7) is 1.88. The van der Waals surface area contributed by atoms with Crippen LogP contribution in [0.25, 0.3) is 0 Å². The molecule has 1 heterocycles. The first-order chi connectivity index (χ1) is 8.49. The molecule has 0 aliphatic heterocycles. The average Bonchev–Trinajstić information content (AvgIpc) is 2.27. The van der Waals surface area contributed by atoms with Crippen molar-refractivity contribution < 1.29 is 18.3 Å². The van der Waals surface area contributed by atoms with E-state index in [9.17, 15) is 13.6 Å². The van der Waals surface area contributed by atoms with E-state index in [1.165, 1.54) is 6.07 Å². The number of hydrogen-bond donors (Lipinski definition) is 1. The van der Waals surface area contributed by atoms with Gasteiger partial charge < -0.3 is 10.5 Å². The molecule has 0 bridgehead atoms. The number of carbonyl (C=O) groups is 1. The molecule has 0 aromatic carbocycles. The zero-order valence-corrected chi connectivity index (χ0v) is 11.9. The number of esters is 1. The monoisotopic (exact) mass is 370 g/mol. The second-order valence-electron chi connectivity index (χ2n) is 3.44. The van der Waals surface area contributed by atoms with Crippen molar-refractivity contribution in [2.45, 2.75) is 26.3 Å². The van der Waals surface area contributed by atoms with Crippen LogP contribution in [0.15, 0.2) is 6.07 Å². The molecule has 0 fully saturated rings. The van der Waals surface area contributed by atoms with E-state index >= 15 is 0 Å². The summed E-state index contributed by atoms with van der Waals surface area (Å²) in [6, 6.07) is 1.46. The molecule has 2 N–H and O–H groups in total. The van der Waals surface area contributed by atoms with Gasteiger partial charge in [-0.3, -0.25) is 9.78 Å².